The van der Waals surface area contributed by atoms with E-state index >= 15 is 0 Å². The molecule has 0 radical (unpaired) electrons. The normalized spacial score (nSPS) is 10.9. The molecule has 0 aliphatic rings. The second-order valence-corrected chi connectivity index (χ2v) is 7.21. The van der Waals surface area contributed by atoms with Crippen LogP contribution in [0.5, 0.6) is 0 Å². The third-order valence-electron chi connectivity index (χ3n) is 4.78. The molecule has 1 heteroatoms. The molecule has 3 aromatic carbocycles. The molecule has 0 aliphatic carbocycles. The Morgan fingerprint density at radius 1 is 0.630 bits per heavy atom. The van der Waals surface area contributed by atoms with E-state index in [0.29, 0.717) is 0 Å². The Hall–Kier alpha value is -2.64. The minimum atomic E-state index is 0.943. The lowest BCUT2D eigenvalue weighted by Gasteiger charge is -2.24. The predicted molar refractivity (Wildman–Crippen MR) is 116 cm³/mol. The maximum atomic E-state index is 4.37. The van der Waals surface area contributed by atoms with Gasteiger partial charge in [-0.15, -0.1) is 0 Å². The zero-order valence-corrected chi connectivity index (χ0v) is 16.1. The molecule has 0 fully saturated rings. The summed E-state index contributed by atoms with van der Waals surface area (Å²) in [5, 5.41) is 0. The van der Waals surface area contributed by atoms with Crippen LogP contribution in [0.25, 0.3) is 0 Å². The van der Waals surface area contributed by atoms with Gasteiger partial charge in [0.2, 0.25) is 0 Å². The highest BCUT2D eigenvalue weighted by Crippen LogP contribution is 2.15. The average molecular weight is 356 g/mol. The minimum absolute atomic E-state index is 0.943. The molecule has 0 amide bonds. The molecule has 0 saturated carbocycles. The quantitative estimate of drug-likeness (QED) is 0.388. The van der Waals surface area contributed by atoms with Crippen molar-refractivity contribution >= 4 is 0 Å². The van der Waals surface area contributed by atoms with E-state index in [1.165, 1.54) is 22.3 Å². The first kappa shape index (κ1) is 19.1. The summed E-state index contributed by atoms with van der Waals surface area (Å²) in [6.07, 6.45) is 3.36. The Morgan fingerprint density at radius 3 is 1.56 bits per heavy atom. The fourth-order valence-electron chi connectivity index (χ4n) is 3.43. The summed E-state index contributed by atoms with van der Waals surface area (Å²) in [5.74, 6) is 0. The van der Waals surface area contributed by atoms with Crippen LogP contribution in [0.15, 0.2) is 103 Å². The van der Waals surface area contributed by atoms with E-state index in [9.17, 15) is 0 Å². The molecular weight excluding hydrogens is 326 g/mol. The highest BCUT2D eigenvalue weighted by atomic mass is 15.1. The third-order valence-corrected chi connectivity index (χ3v) is 4.78. The van der Waals surface area contributed by atoms with Crippen LogP contribution in [0.3, 0.4) is 0 Å². The molecule has 27 heavy (non-hydrogen) atoms. The summed E-state index contributed by atoms with van der Waals surface area (Å²) >= 11 is 0. The van der Waals surface area contributed by atoms with Crippen molar-refractivity contribution in [3.05, 3.63) is 120 Å². The molecule has 3 rings (SSSR count). The number of hydrogen-bond donors (Lipinski definition) is 0. The van der Waals surface area contributed by atoms with Gasteiger partial charge in [-0.05, 0) is 36.0 Å². The number of rotatable bonds is 10. The Bertz CT molecular complexity index is 752. The number of benzene rings is 3. The van der Waals surface area contributed by atoms with E-state index in [-0.39, 0.29) is 0 Å². The average Bonchev–Trinajstić information content (AvgIpc) is 2.70. The molecule has 0 aliphatic heterocycles. The lowest BCUT2D eigenvalue weighted by Crippen LogP contribution is -2.25. The first-order chi connectivity index (χ1) is 13.3. The molecule has 0 bridgehead atoms. The Labute approximate surface area is 164 Å². The van der Waals surface area contributed by atoms with Gasteiger partial charge in [-0.1, -0.05) is 103 Å². The smallest absolute Gasteiger partial charge is 0.0240 e. The van der Waals surface area contributed by atoms with Gasteiger partial charge in [0.05, 0.1) is 0 Å². The maximum absolute atomic E-state index is 4.37. The summed E-state index contributed by atoms with van der Waals surface area (Å²) in [6.45, 7) is 7.21. The van der Waals surface area contributed by atoms with E-state index in [4.69, 9.17) is 0 Å². The van der Waals surface area contributed by atoms with Crippen LogP contribution >= 0.6 is 0 Å². The van der Waals surface area contributed by atoms with Crippen LogP contribution in [0.1, 0.15) is 29.5 Å². The van der Waals surface area contributed by atoms with Crippen LogP contribution in [0.4, 0.5) is 0 Å². The first-order valence-electron chi connectivity index (χ1n) is 9.80. The lowest BCUT2D eigenvalue weighted by molar-refractivity contribution is 0.277. The van der Waals surface area contributed by atoms with Crippen LogP contribution in [-0.2, 0) is 19.5 Å². The van der Waals surface area contributed by atoms with E-state index < -0.39 is 0 Å². The maximum Gasteiger partial charge on any atom is 0.0240 e. The monoisotopic (exact) mass is 355 g/mol. The molecule has 0 heterocycles. The predicted octanol–water partition coefficient (Wildman–Crippen LogP) is 6.27. The summed E-state index contributed by atoms with van der Waals surface area (Å²) in [6, 6.07) is 32.2. The molecule has 0 N–H and O–H groups in total. The summed E-state index contributed by atoms with van der Waals surface area (Å²) in [5.41, 5.74) is 5.43. The van der Waals surface area contributed by atoms with Crippen LogP contribution < -0.4 is 0 Å². The molecule has 0 spiro atoms. The van der Waals surface area contributed by atoms with Crippen LogP contribution in [-0.4, -0.2) is 11.4 Å². The number of hydrogen-bond acceptors (Lipinski definition) is 1. The molecule has 1 nitrogen and oxygen atoms in total. The molecule has 0 atom stereocenters. The molecule has 0 aromatic heterocycles. The molecule has 138 valence electrons. The van der Waals surface area contributed by atoms with Crippen molar-refractivity contribution in [1.82, 2.24) is 4.90 Å². The van der Waals surface area contributed by atoms with E-state index in [0.717, 1.165) is 38.9 Å². The van der Waals surface area contributed by atoms with E-state index in [1.807, 2.05) is 0 Å². The second-order valence-electron chi connectivity index (χ2n) is 7.21. The molecule has 0 unspecified atom stereocenters. The highest BCUT2D eigenvalue weighted by Gasteiger charge is 2.09. The van der Waals surface area contributed by atoms with Gasteiger partial charge in [0, 0.05) is 19.6 Å². The highest BCUT2D eigenvalue weighted by molar-refractivity contribution is 5.18. The summed E-state index contributed by atoms with van der Waals surface area (Å²) in [4.78, 5) is 2.50. The van der Waals surface area contributed by atoms with Gasteiger partial charge in [-0.2, -0.15) is 0 Å². The van der Waals surface area contributed by atoms with Gasteiger partial charge >= 0.3 is 0 Å². The number of aryl methyl sites for hydroxylation is 1. The molecular formula is C26H29N. The van der Waals surface area contributed by atoms with Gasteiger partial charge in [0.25, 0.3) is 0 Å². The standard InChI is InChI=1S/C26H29N/c1-23(12-11-19-24-13-5-2-6-14-24)20-27(21-25-15-7-3-8-16-25)22-26-17-9-4-10-18-26/h2-10,13-18H,1,11-12,19-22H2. The van der Waals surface area contributed by atoms with Crippen molar-refractivity contribution in [3.63, 3.8) is 0 Å². The largest absolute Gasteiger partial charge is 0.291 e. The van der Waals surface area contributed by atoms with Gasteiger partial charge in [0.15, 0.2) is 0 Å². The Balaban J connectivity index is 1.55. The zero-order valence-electron chi connectivity index (χ0n) is 16.1. The van der Waals surface area contributed by atoms with Gasteiger partial charge in [-0.3, -0.25) is 4.90 Å². The van der Waals surface area contributed by atoms with Crippen molar-refractivity contribution < 1.29 is 0 Å². The van der Waals surface area contributed by atoms with Gasteiger partial charge in [-0.25, -0.2) is 0 Å². The first-order valence-corrected chi connectivity index (χ1v) is 9.80. The fraction of sp³-hybridized carbons (Fsp3) is 0.231. The second kappa shape index (κ2) is 10.5. The zero-order chi connectivity index (χ0) is 18.7. The Morgan fingerprint density at radius 2 is 1.07 bits per heavy atom. The van der Waals surface area contributed by atoms with Crippen molar-refractivity contribution in [3.8, 4) is 0 Å². The molecule has 3 aromatic rings. The summed E-state index contributed by atoms with van der Waals surface area (Å²) < 4.78 is 0. The van der Waals surface area contributed by atoms with E-state index in [1.54, 1.807) is 0 Å². The fourth-order valence-corrected chi connectivity index (χ4v) is 3.43. The van der Waals surface area contributed by atoms with Gasteiger partial charge in [0.1, 0.15) is 0 Å². The van der Waals surface area contributed by atoms with Crippen LogP contribution in [0, 0.1) is 0 Å². The van der Waals surface area contributed by atoms with Gasteiger partial charge < -0.3 is 0 Å². The van der Waals surface area contributed by atoms with Crippen molar-refractivity contribution in [1.29, 1.82) is 0 Å². The van der Waals surface area contributed by atoms with Crippen LogP contribution in [0.2, 0.25) is 0 Å². The molecule has 0 saturated heterocycles. The van der Waals surface area contributed by atoms with Crippen molar-refractivity contribution in [2.24, 2.45) is 0 Å². The Kier molecular flexibility index (Phi) is 7.44. The number of nitrogens with zero attached hydrogens (tertiary/aromatic N) is 1. The summed E-state index contributed by atoms with van der Waals surface area (Å²) in [7, 11) is 0. The lowest BCUT2D eigenvalue weighted by atomic mass is 10.0. The SMILES string of the molecule is C=C(CCCc1ccccc1)CN(Cc1ccccc1)Cc1ccccc1. The van der Waals surface area contributed by atoms with E-state index in [2.05, 4.69) is 102 Å². The third kappa shape index (κ3) is 6.88. The van der Waals surface area contributed by atoms with Crippen molar-refractivity contribution in [2.75, 3.05) is 6.54 Å². The topological polar surface area (TPSA) is 3.24 Å². The minimum Gasteiger partial charge on any atom is -0.291 e. The van der Waals surface area contributed by atoms with Crippen molar-refractivity contribution in [2.45, 2.75) is 32.4 Å².